The molecule has 0 aromatic carbocycles. The summed E-state index contributed by atoms with van der Waals surface area (Å²) in [6, 6.07) is 0.836. The zero-order valence-electron chi connectivity index (χ0n) is 22.1. The highest BCUT2D eigenvalue weighted by Gasteiger charge is 2.56. The van der Waals surface area contributed by atoms with Gasteiger partial charge in [-0.25, -0.2) is 0 Å². The fourth-order valence-corrected chi connectivity index (χ4v) is 7.03. The highest BCUT2D eigenvalue weighted by Crippen LogP contribution is 2.55. The van der Waals surface area contributed by atoms with Gasteiger partial charge in [-0.3, -0.25) is 4.79 Å². The van der Waals surface area contributed by atoms with Crippen molar-refractivity contribution in [1.29, 1.82) is 0 Å². The molecule has 0 spiro atoms. The lowest BCUT2D eigenvalue weighted by molar-refractivity contribution is -0.143. The van der Waals surface area contributed by atoms with E-state index in [0.717, 1.165) is 69.4 Å². The van der Waals surface area contributed by atoms with Crippen LogP contribution in [-0.2, 0) is 4.79 Å². The number of hydrogen-bond donors (Lipinski definition) is 1. The molecule has 0 radical (unpaired) electrons. The number of alkyl halides is 3. The van der Waals surface area contributed by atoms with E-state index in [2.05, 4.69) is 32.7 Å². The highest BCUT2D eigenvalue weighted by molar-refractivity contribution is 5.84. The second-order valence-corrected chi connectivity index (χ2v) is 11.1. The van der Waals surface area contributed by atoms with Crippen molar-refractivity contribution < 1.29 is 18.0 Å². The molecule has 1 N–H and O–H groups in total. The molecule has 0 aromatic heterocycles. The summed E-state index contributed by atoms with van der Waals surface area (Å²) < 4.78 is 40.0. The first-order valence-corrected chi connectivity index (χ1v) is 13.7. The second-order valence-electron chi connectivity index (χ2n) is 11.1. The minimum absolute atomic E-state index is 0.171. The van der Waals surface area contributed by atoms with Crippen LogP contribution in [0.1, 0.15) is 91.9 Å². The molecule has 4 atom stereocenters. The number of hydrogen-bond acceptors (Lipinski definition) is 2. The maximum atomic E-state index is 14.0. The first-order valence-electron chi connectivity index (χ1n) is 13.7. The zero-order valence-corrected chi connectivity index (χ0v) is 22.1. The number of carbonyl (C=O) groups is 1. The van der Waals surface area contributed by atoms with Gasteiger partial charge in [0.05, 0.1) is 11.0 Å². The van der Waals surface area contributed by atoms with Gasteiger partial charge in [-0.2, -0.15) is 13.2 Å². The molecule has 3 rings (SSSR count). The van der Waals surface area contributed by atoms with Gasteiger partial charge in [-0.15, -0.1) is 0 Å². The van der Waals surface area contributed by atoms with Crippen LogP contribution in [0.4, 0.5) is 13.2 Å². The average Bonchev–Trinajstić information content (AvgIpc) is 3.36. The third-order valence-corrected chi connectivity index (χ3v) is 9.06. The quantitative estimate of drug-likeness (QED) is 0.322. The predicted molar refractivity (Wildman–Crippen MR) is 137 cm³/mol. The van der Waals surface area contributed by atoms with E-state index < -0.39 is 11.7 Å². The van der Waals surface area contributed by atoms with Crippen molar-refractivity contribution in [3.63, 3.8) is 0 Å². The van der Waals surface area contributed by atoms with E-state index in [4.69, 9.17) is 0 Å². The van der Waals surface area contributed by atoms with E-state index in [0.29, 0.717) is 42.5 Å². The van der Waals surface area contributed by atoms with Crippen LogP contribution in [0, 0.1) is 17.3 Å². The molecular weight excluding hydrogens is 449 g/mol. The van der Waals surface area contributed by atoms with Crippen molar-refractivity contribution in [2.24, 2.45) is 17.3 Å². The third kappa shape index (κ3) is 6.06. The topological polar surface area (TPSA) is 32.3 Å². The summed E-state index contributed by atoms with van der Waals surface area (Å²) in [5, 5.41) is 3.97. The Morgan fingerprint density at radius 2 is 2.00 bits per heavy atom. The molecule has 3 nitrogen and oxygen atoms in total. The lowest BCUT2D eigenvalue weighted by atomic mass is 9.78. The molecule has 2 aliphatic carbocycles. The van der Waals surface area contributed by atoms with Gasteiger partial charge in [0.25, 0.3) is 0 Å². The normalized spacial score (nSPS) is 28.6. The van der Waals surface area contributed by atoms with Crippen LogP contribution in [0.3, 0.4) is 0 Å². The van der Waals surface area contributed by atoms with Crippen LogP contribution in [0.25, 0.3) is 0 Å². The Hall–Kier alpha value is -1.56. The van der Waals surface area contributed by atoms with E-state index >= 15 is 0 Å². The predicted octanol–water partition coefficient (Wildman–Crippen LogP) is 7.35. The Morgan fingerprint density at radius 3 is 2.60 bits per heavy atom. The van der Waals surface area contributed by atoms with Crippen LogP contribution in [0.5, 0.6) is 0 Å². The van der Waals surface area contributed by atoms with Gasteiger partial charge in [-0.1, -0.05) is 64.7 Å². The molecule has 198 valence electrons. The van der Waals surface area contributed by atoms with E-state index in [1.807, 2.05) is 11.8 Å². The standard InChI is InChI=1S/C29H45F3N2O/c1-6-11-26(21(7-2)8-3)33-25-17-24-12-10-14-28(24,18-25)27(35)34-15-13-20(5)22(19-34)16-23(9-4)29(30,31)32/h9,16,21,24-26,33H,4,6-8,10-15,17-19H2,1-3,5H3/b23-16+. The smallest absolute Gasteiger partial charge is 0.338 e. The van der Waals surface area contributed by atoms with Crippen LogP contribution in [0.15, 0.2) is 35.5 Å². The molecule has 6 heteroatoms. The highest BCUT2D eigenvalue weighted by atomic mass is 19.4. The Labute approximate surface area is 210 Å². The van der Waals surface area contributed by atoms with E-state index in [1.165, 1.54) is 6.08 Å². The van der Waals surface area contributed by atoms with Gasteiger partial charge in [-0.05, 0) is 68.9 Å². The van der Waals surface area contributed by atoms with Gasteiger partial charge < -0.3 is 10.2 Å². The molecular formula is C29H45F3N2O. The number of carbonyl (C=O) groups excluding carboxylic acids is 1. The van der Waals surface area contributed by atoms with Gasteiger partial charge in [0.15, 0.2) is 0 Å². The number of fused-ring (bicyclic) bond motifs is 1. The summed E-state index contributed by atoms with van der Waals surface area (Å²) in [4.78, 5) is 15.9. The average molecular weight is 495 g/mol. The molecule has 1 amide bonds. The molecule has 0 bridgehead atoms. The van der Waals surface area contributed by atoms with Crippen molar-refractivity contribution in [1.82, 2.24) is 10.2 Å². The number of amides is 1. The molecule has 0 aromatic rings. The number of halogens is 3. The summed E-state index contributed by atoms with van der Waals surface area (Å²) in [6.45, 7) is 12.8. The fraction of sp³-hybridized carbons (Fsp3) is 0.759. The Balaban J connectivity index is 1.77. The van der Waals surface area contributed by atoms with Crippen molar-refractivity contribution in [3.05, 3.63) is 35.5 Å². The second kappa shape index (κ2) is 11.7. The van der Waals surface area contributed by atoms with E-state index in [1.54, 1.807) is 0 Å². The largest absolute Gasteiger partial charge is 0.416 e. The molecule has 4 unspecified atom stereocenters. The molecule has 2 saturated carbocycles. The SMILES string of the molecule is C=C/C(=C\C1=C(C)CCN(C(=O)C23CCCC2CC(NC(CCC)C(CC)CC)C3)C1)C(F)(F)F. The number of nitrogens with zero attached hydrogens (tertiary/aromatic N) is 1. The third-order valence-electron chi connectivity index (χ3n) is 9.06. The molecule has 1 heterocycles. The molecule has 1 aliphatic heterocycles. The minimum atomic E-state index is -4.44. The lowest BCUT2D eigenvalue weighted by Gasteiger charge is -2.38. The zero-order chi connectivity index (χ0) is 25.8. The maximum absolute atomic E-state index is 14.0. The summed E-state index contributed by atoms with van der Waals surface area (Å²) in [5.74, 6) is 1.20. The summed E-state index contributed by atoms with van der Waals surface area (Å²) >= 11 is 0. The number of allylic oxidation sites excluding steroid dienone is 2. The number of rotatable bonds is 10. The van der Waals surface area contributed by atoms with Crippen molar-refractivity contribution in [2.45, 2.75) is 110 Å². The Bertz CT molecular complexity index is 826. The lowest BCUT2D eigenvalue weighted by Crippen LogP contribution is -2.48. The molecule has 3 aliphatic rings. The fourth-order valence-electron chi connectivity index (χ4n) is 7.03. The molecule has 2 fully saturated rings. The van der Waals surface area contributed by atoms with E-state index in [9.17, 15) is 18.0 Å². The van der Waals surface area contributed by atoms with E-state index in [-0.39, 0.29) is 17.9 Å². The van der Waals surface area contributed by atoms with Crippen LogP contribution in [-0.4, -0.2) is 42.2 Å². The first-order chi connectivity index (χ1) is 16.6. The van der Waals surface area contributed by atoms with Crippen LogP contribution >= 0.6 is 0 Å². The monoisotopic (exact) mass is 494 g/mol. The van der Waals surface area contributed by atoms with Crippen molar-refractivity contribution in [3.8, 4) is 0 Å². The maximum Gasteiger partial charge on any atom is 0.416 e. The first kappa shape index (κ1) is 28.0. The van der Waals surface area contributed by atoms with Gasteiger partial charge >= 0.3 is 6.18 Å². The number of nitrogens with one attached hydrogen (secondary N) is 1. The van der Waals surface area contributed by atoms with Crippen LogP contribution in [0.2, 0.25) is 0 Å². The molecule has 0 saturated heterocycles. The minimum Gasteiger partial charge on any atom is -0.338 e. The van der Waals surface area contributed by atoms with Crippen molar-refractivity contribution in [2.75, 3.05) is 13.1 Å². The van der Waals surface area contributed by atoms with Gasteiger partial charge in [0.2, 0.25) is 5.91 Å². The van der Waals surface area contributed by atoms with Crippen molar-refractivity contribution >= 4 is 5.91 Å². The Kier molecular flexibility index (Phi) is 9.33. The van der Waals surface area contributed by atoms with Gasteiger partial charge in [0, 0.05) is 25.2 Å². The van der Waals surface area contributed by atoms with Crippen LogP contribution < -0.4 is 5.32 Å². The summed E-state index contributed by atoms with van der Waals surface area (Å²) in [6.07, 6.45) is 7.82. The summed E-state index contributed by atoms with van der Waals surface area (Å²) in [5.41, 5.74) is 0.434. The van der Waals surface area contributed by atoms with Gasteiger partial charge in [0.1, 0.15) is 0 Å². The summed E-state index contributed by atoms with van der Waals surface area (Å²) in [7, 11) is 0. The molecule has 35 heavy (non-hydrogen) atoms. The Morgan fingerprint density at radius 1 is 1.29 bits per heavy atom.